The number of thiophene rings is 1. The summed E-state index contributed by atoms with van der Waals surface area (Å²) in [7, 11) is 0. The number of para-hydroxylation sites is 2. The maximum Gasteiger partial charge on any atom is 0.0547 e. The predicted molar refractivity (Wildman–Crippen MR) is 217 cm³/mol. The predicted octanol–water partition coefficient (Wildman–Crippen LogP) is 11.8. The van der Waals surface area contributed by atoms with Gasteiger partial charge in [-0.2, -0.15) is 0 Å². The molecule has 4 N–H and O–H groups in total. The summed E-state index contributed by atoms with van der Waals surface area (Å²) in [4.78, 5) is 0. The van der Waals surface area contributed by atoms with Crippen LogP contribution >= 0.6 is 11.3 Å². The third-order valence-electron chi connectivity index (χ3n) is 9.87. The maximum absolute atomic E-state index is 5.98. The van der Waals surface area contributed by atoms with Crippen molar-refractivity contribution in [1.29, 1.82) is 0 Å². The average molecular weight is 662 g/mol. The first-order valence-corrected chi connectivity index (χ1v) is 17.8. The normalized spacial score (nSPS) is 11.5. The van der Waals surface area contributed by atoms with Gasteiger partial charge in [0.25, 0.3) is 0 Å². The van der Waals surface area contributed by atoms with Crippen molar-refractivity contribution >= 4 is 80.5 Å². The molecule has 240 valence electrons. The lowest BCUT2D eigenvalue weighted by Crippen LogP contribution is -1.99. The van der Waals surface area contributed by atoms with Crippen molar-refractivity contribution in [3.63, 3.8) is 0 Å². The smallest absolute Gasteiger partial charge is 0.0547 e. The minimum Gasteiger partial charge on any atom is -0.398 e. The van der Waals surface area contributed by atoms with E-state index in [0.29, 0.717) is 6.54 Å². The van der Waals surface area contributed by atoms with Gasteiger partial charge in [-0.05, 0) is 87.1 Å². The molecule has 0 saturated heterocycles. The largest absolute Gasteiger partial charge is 0.398 e. The van der Waals surface area contributed by atoms with Crippen LogP contribution in [0.15, 0.2) is 164 Å². The Hall–Kier alpha value is -5.94. The van der Waals surface area contributed by atoms with E-state index in [1.807, 2.05) is 35.6 Å². The molecule has 0 aliphatic carbocycles. The van der Waals surface area contributed by atoms with Crippen LogP contribution in [0.1, 0.15) is 16.7 Å². The number of fused-ring (bicyclic) bond motifs is 11. The summed E-state index contributed by atoms with van der Waals surface area (Å²) in [5.41, 5.74) is 19.9. The number of nitrogens with two attached hydrogens (primary N) is 2. The van der Waals surface area contributed by atoms with E-state index in [0.717, 1.165) is 23.4 Å². The first kappa shape index (κ1) is 30.1. The molecule has 10 rings (SSSR count). The molecule has 0 spiro atoms. The van der Waals surface area contributed by atoms with Gasteiger partial charge in [0.2, 0.25) is 0 Å². The standard InChI is InChI=1S/C33H22N2S.C13H13N/c34-19-20-6-5-7-21(18-20)35-28-10-3-1-8-26(28)32-24-12-13-25-23(22(24)14-16-29(32)35)15-17-31-33(25)27-9-2-4-11-30(27)36-31;14-13-9-5-4-8-12(13)10-11-6-2-1-3-7-11/h1-18H,19,34H2;1-9H,10,14H2. The van der Waals surface area contributed by atoms with E-state index in [9.17, 15) is 0 Å². The molecule has 0 radical (unpaired) electrons. The summed E-state index contributed by atoms with van der Waals surface area (Å²) in [6, 6.07) is 58.3. The molecule has 50 heavy (non-hydrogen) atoms. The van der Waals surface area contributed by atoms with Gasteiger partial charge in [-0.1, -0.05) is 121 Å². The maximum atomic E-state index is 5.98. The minimum absolute atomic E-state index is 0.533. The minimum atomic E-state index is 0.533. The molecule has 0 aliphatic heterocycles. The van der Waals surface area contributed by atoms with Crippen molar-refractivity contribution in [3.8, 4) is 5.69 Å². The van der Waals surface area contributed by atoms with Crippen molar-refractivity contribution in [2.24, 2.45) is 5.73 Å². The number of nitrogens with zero attached hydrogens (tertiary/aromatic N) is 1. The second-order valence-electron chi connectivity index (χ2n) is 12.8. The molecule has 2 aromatic heterocycles. The van der Waals surface area contributed by atoms with Crippen LogP contribution < -0.4 is 11.5 Å². The zero-order chi connectivity index (χ0) is 33.6. The lowest BCUT2D eigenvalue weighted by Gasteiger charge is -2.11. The molecule has 0 aliphatic rings. The number of hydrogen-bond acceptors (Lipinski definition) is 3. The van der Waals surface area contributed by atoms with Crippen LogP contribution in [0.3, 0.4) is 0 Å². The van der Waals surface area contributed by atoms with Crippen LogP contribution in [0, 0.1) is 0 Å². The van der Waals surface area contributed by atoms with Crippen molar-refractivity contribution in [1.82, 2.24) is 4.57 Å². The monoisotopic (exact) mass is 661 g/mol. The van der Waals surface area contributed by atoms with Crippen molar-refractivity contribution < 1.29 is 0 Å². The molecular formula is C46H35N3S. The summed E-state index contributed by atoms with van der Waals surface area (Å²) < 4.78 is 5.07. The number of rotatable bonds is 4. The average Bonchev–Trinajstić information content (AvgIpc) is 3.72. The second kappa shape index (κ2) is 12.5. The second-order valence-corrected chi connectivity index (χ2v) is 13.9. The molecule has 2 heterocycles. The molecule has 3 nitrogen and oxygen atoms in total. The van der Waals surface area contributed by atoms with Crippen molar-refractivity contribution in [3.05, 3.63) is 180 Å². The summed E-state index contributed by atoms with van der Waals surface area (Å²) in [5.74, 6) is 0. The Morgan fingerprint density at radius 2 is 1.12 bits per heavy atom. The molecular weight excluding hydrogens is 627 g/mol. The van der Waals surface area contributed by atoms with E-state index < -0.39 is 0 Å². The molecule has 0 bridgehead atoms. The van der Waals surface area contributed by atoms with E-state index >= 15 is 0 Å². The highest BCUT2D eigenvalue weighted by atomic mass is 32.1. The Morgan fingerprint density at radius 3 is 1.94 bits per heavy atom. The van der Waals surface area contributed by atoms with Crippen molar-refractivity contribution in [2.45, 2.75) is 13.0 Å². The van der Waals surface area contributed by atoms with Gasteiger partial charge in [-0.3, -0.25) is 0 Å². The van der Waals surface area contributed by atoms with Crippen LogP contribution in [-0.2, 0) is 13.0 Å². The Morgan fingerprint density at radius 1 is 0.460 bits per heavy atom. The quantitative estimate of drug-likeness (QED) is 0.146. The van der Waals surface area contributed by atoms with Crippen LogP contribution in [0.5, 0.6) is 0 Å². The Kier molecular flexibility index (Phi) is 7.54. The van der Waals surface area contributed by atoms with E-state index in [2.05, 4.69) is 144 Å². The number of nitrogen functional groups attached to an aromatic ring is 1. The van der Waals surface area contributed by atoms with Crippen LogP contribution in [0.2, 0.25) is 0 Å². The van der Waals surface area contributed by atoms with E-state index in [-0.39, 0.29) is 0 Å². The first-order chi connectivity index (χ1) is 24.7. The highest BCUT2D eigenvalue weighted by Gasteiger charge is 2.17. The topological polar surface area (TPSA) is 57.0 Å². The van der Waals surface area contributed by atoms with Gasteiger partial charge in [0, 0.05) is 48.9 Å². The van der Waals surface area contributed by atoms with Crippen LogP contribution in [-0.4, -0.2) is 4.57 Å². The van der Waals surface area contributed by atoms with E-state index in [4.69, 9.17) is 11.5 Å². The highest BCUT2D eigenvalue weighted by Crippen LogP contribution is 2.43. The zero-order valence-electron chi connectivity index (χ0n) is 27.5. The molecule has 0 unspecified atom stereocenters. The Bertz CT molecular complexity index is 2840. The fourth-order valence-corrected chi connectivity index (χ4v) is 8.65. The van der Waals surface area contributed by atoms with Gasteiger partial charge in [-0.15, -0.1) is 11.3 Å². The molecule has 4 heteroatoms. The Balaban J connectivity index is 0.000000202. The van der Waals surface area contributed by atoms with E-state index in [1.165, 1.54) is 74.6 Å². The third kappa shape index (κ3) is 5.09. The highest BCUT2D eigenvalue weighted by molar-refractivity contribution is 7.26. The first-order valence-electron chi connectivity index (χ1n) is 17.0. The van der Waals surface area contributed by atoms with Crippen LogP contribution in [0.25, 0.3) is 69.2 Å². The van der Waals surface area contributed by atoms with Crippen LogP contribution in [0.4, 0.5) is 5.69 Å². The Labute approximate surface area is 294 Å². The molecule has 10 aromatic rings. The summed E-state index contributed by atoms with van der Waals surface area (Å²) in [6.07, 6.45) is 0.910. The van der Waals surface area contributed by atoms with Gasteiger partial charge in [0.15, 0.2) is 0 Å². The summed E-state index contributed by atoms with van der Waals surface area (Å²) in [6.45, 7) is 0.533. The summed E-state index contributed by atoms with van der Waals surface area (Å²) in [5, 5.41) is 10.5. The number of aromatic nitrogens is 1. The van der Waals surface area contributed by atoms with Gasteiger partial charge in [0.1, 0.15) is 0 Å². The molecule has 8 aromatic carbocycles. The third-order valence-corrected chi connectivity index (χ3v) is 11.0. The van der Waals surface area contributed by atoms with Gasteiger partial charge in [0.05, 0.1) is 11.0 Å². The molecule has 0 amide bonds. The van der Waals surface area contributed by atoms with Gasteiger partial charge in [-0.25, -0.2) is 0 Å². The molecule has 0 fully saturated rings. The lowest BCUT2D eigenvalue weighted by atomic mass is 9.96. The fraction of sp³-hybridized carbons (Fsp3) is 0.0435. The summed E-state index contributed by atoms with van der Waals surface area (Å²) >= 11 is 1.88. The molecule has 0 saturated carbocycles. The number of hydrogen-bond donors (Lipinski definition) is 2. The number of benzene rings is 8. The molecule has 0 atom stereocenters. The van der Waals surface area contributed by atoms with Crippen molar-refractivity contribution in [2.75, 3.05) is 5.73 Å². The van der Waals surface area contributed by atoms with E-state index in [1.54, 1.807) is 0 Å². The van der Waals surface area contributed by atoms with Gasteiger partial charge >= 0.3 is 0 Å². The SMILES string of the molecule is NCc1cccc(-n2c3ccccc3c3c4ccc5c(ccc6sc7ccccc7c65)c4ccc32)c1.Nc1ccccc1Cc1ccccc1. The zero-order valence-corrected chi connectivity index (χ0v) is 28.3. The fourth-order valence-electron chi connectivity index (χ4n) is 7.52. The lowest BCUT2D eigenvalue weighted by molar-refractivity contribution is 1.06. The number of anilines is 1. The van der Waals surface area contributed by atoms with Gasteiger partial charge < -0.3 is 16.0 Å².